The fourth-order valence-electron chi connectivity index (χ4n) is 8.97. The van der Waals surface area contributed by atoms with Crippen molar-refractivity contribution in [2.75, 3.05) is 13.2 Å². The largest absolute Gasteiger partial charge is 0.481 e. The average Bonchev–Trinajstić information content (AvgIpc) is 3.41. The third-order valence-corrected chi connectivity index (χ3v) is 13.9. The van der Waals surface area contributed by atoms with Gasteiger partial charge in [0.2, 0.25) is 53.2 Å². The number of esters is 1. The van der Waals surface area contributed by atoms with Gasteiger partial charge in [0.15, 0.2) is 0 Å². The Morgan fingerprint density at radius 1 is 0.568 bits per heavy atom. The number of hydrogen-bond acceptors (Lipinski definition) is 15. The quantitative estimate of drug-likeness (QED) is 0.0365. The summed E-state index contributed by atoms with van der Waals surface area (Å²) in [5, 5.41) is 63.7. The highest BCUT2D eigenvalue weighted by atomic mass is 16.5. The van der Waals surface area contributed by atoms with Crippen LogP contribution in [0.2, 0.25) is 0 Å². The molecule has 464 valence electrons. The smallest absolute Gasteiger partial charge is 0.329 e. The molecule has 12 atom stereocenters. The van der Waals surface area contributed by atoms with Crippen LogP contribution in [0.5, 0.6) is 0 Å². The SMILES string of the molecule is CCCCCCCCC[C@H](O)CC(=O)N[C@@H](CC(C)C)C(=O)N[C@H](CCC(=O)O)C(=O)N[C@H]1C(=O)N[C@H](C(C)C)C(=O)N[C@@H](CC(C)C)C(=O)N[C@H](CO)C(=O)N[C@@H](CC(C)C)C(=O)N[C@H](CO)C(=O)N[C@@H]([C@H](C)CC)C(=O)O[C@@H]1C. The molecule has 25 nitrogen and oxygen atoms in total. The molecule has 0 spiro atoms. The summed E-state index contributed by atoms with van der Waals surface area (Å²) in [7, 11) is 0. The number of carbonyl (C=O) groups is 11. The summed E-state index contributed by atoms with van der Waals surface area (Å²) in [6.07, 6.45) is 3.49. The van der Waals surface area contributed by atoms with Crippen LogP contribution in [0.1, 0.15) is 179 Å². The highest BCUT2D eigenvalue weighted by molar-refractivity contribution is 5.99. The van der Waals surface area contributed by atoms with Gasteiger partial charge < -0.3 is 73.0 Å². The molecular weight excluding hydrogens is 1050 g/mol. The number of aliphatic carboxylic acids is 1. The van der Waals surface area contributed by atoms with Crippen LogP contribution in [0.3, 0.4) is 0 Å². The van der Waals surface area contributed by atoms with E-state index in [0.717, 1.165) is 38.5 Å². The van der Waals surface area contributed by atoms with Crippen molar-refractivity contribution in [2.24, 2.45) is 29.6 Å². The first kappa shape index (κ1) is 73.1. The predicted molar refractivity (Wildman–Crippen MR) is 300 cm³/mol. The highest BCUT2D eigenvalue weighted by Crippen LogP contribution is 2.17. The normalized spacial score (nSPS) is 23.7. The second-order valence-electron chi connectivity index (χ2n) is 23.1. The number of ether oxygens (including phenoxy) is 1. The Balaban J connectivity index is 3.93. The number of rotatable bonds is 29. The third-order valence-electron chi connectivity index (χ3n) is 13.9. The van der Waals surface area contributed by atoms with Crippen molar-refractivity contribution in [3.63, 3.8) is 0 Å². The van der Waals surface area contributed by atoms with Gasteiger partial charge in [-0.2, -0.15) is 0 Å². The van der Waals surface area contributed by atoms with Gasteiger partial charge in [0.1, 0.15) is 60.5 Å². The van der Waals surface area contributed by atoms with Crippen LogP contribution in [0, 0.1) is 29.6 Å². The van der Waals surface area contributed by atoms with Gasteiger partial charge in [0.25, 0.3) is 0 Å². The van der Waals surface area contributed by atoms with E-state index < -0.39 is 170 Å². The van der Waals surface area contributed by atoms with Crippen molar-refractivity contribution in [3.05, 3.63) is 0 Å². The summed E-state index contributed by atoms with van der Waals surface area (Å²) < 4.78 is 5.83. The Hall–Kier alpha value is -5.95. The van der Waals surface area contributed by atoms with E-state index in [0.29, 0.717) is 12.8 Å². The molecule has 1 fully saturated rings. The molecule has 1 aliphatic rings. The monoisotopic (exact) mass is 1150 g/mol. The number of carboxylic acid groups (broad SMARTS) is 1. The Bertz CT molecular complexity index is 2060. The number of carboxylic acids is 1. The van der Waals surface area contributed by atoms with Gasteiger partial charge >= 0.3 is 11.9 Å². The van der Waals surface area contributed by atoms with E-state index in [1.165, 1.54) is 6.92 Å². The van der Waals surface area contributed by atoms with Crippen molar-refractivity contribution < 1.29 is 77.9 Å². The second-order valence-corrected chi connectivity index (χ2v) is 23.1. The van der Waals surface area contributed by atoms with Crippen LogP contribution in [0.4, 0.5) is 0 Å². The Labute approximate surface area is 478 Å². The summed E-state index contributed by atoms with van der Waals surface area (Å²) in [6, 6.07) is -14.1. The fraction of sp³-hybridized carbons (Fsp3) is 0.804. The lowest BCUT2D eigenvalue weighted by atomic mass is 9.98. The first-order valence-electron chi connectivity index (χ1n) is 29.0. The molecule has 0 unspecified atom stereocenters. The molecular formula is C56H99N9O16. The molecule has 1 aliphatic heterocycles. The molecule has 0 aromatic carbocycles. The van der Waals surface area contributed by atoms with Crippen LogP contribution in [0.15, 0.2) is 0 Å². The molecule has 0 aromatic rings. The molecule has 9 amide bonds. The molecule has 1 saturated heterocycles. The first-order chi connectivity index (χ1) is 38.0. The van der Waals surface area contributed by atoms with Gasteiger partial charge in [-0.1, -0.05) is 128 Å². The van der Waals surface area contributed by atoms with Gasteiger partial charge in [0.05, 0.1) is 25.7 Å². The van der Waals surface area contributed by atoms with E-state index in [-0.39, 0.29) is 49.9 Å². The minimum absolute atomic E-state index is 0.00994. The number of hydrogen-bond donors (Lipinski definition) is 13. The maximum absolute atomic E-state index is 14.7. The van der Waals surface area contributed by atoms with Crippen molar-refractivity contribution in [1.82, 2.24) is 47.9 Å². The molecule has 0 aliphatic carbocycles. The van der Waals surface area contributed by atoms with E-state index in [1.54, 1.807) is 69.2 Å². The zero-order valence-electron chi connectivity index (χ0n) is 49.9. The van der Waals surface area contributed by atoms with Gasteiger partial charge in [-0.15, -0.1) is 0 Å². The van der Waals surface area contributed by atoms with Crippen LogP contribution >= 0.6 is 0 Å². The molecule has 13 N–H and O–H groups in total. The van der Waals surface area contributed by atoms with Crippen LogP contribution in [-0.4, -0.2) is 165 Å². The number of cyclic esters (lactones) is 1. The van der Waals surface area contributed by atoms with E-state index in [4.69, 9.17) is 4.74 Å². The van der Waals surface area contributed by atoms with E-state index in [9.17, 15) is 73.2 Å². The van der Waals surface area contributed by atoms with Gasteiger partial charge in [-0.3, -0.25) is 47.9 Å². The molecule has 0 aromatic heterocycles. The predicted octanol–water partition coefficient (Wildman–Crippen LogP) is 0.876. The summed E-state index contributed by atoms with van der Waals surface area (Å²) in [4.78, 5) is 152. The molecule has 25 heteroatoms. The topological polar surface area (TPSA) is 386 Å². The van der Waals surface area contributed by atoms with Gasteiger partial charge in [0, 0.05) is 6.42 Å². The maximum Gasteiger partial charge on any atom is 0.329 e. The number of carbonyl (C=O) groups excluding carboxylic acids is 10. The average molecular weight is 1150 g/mol. The summed E-state index contributed by atoms with van der Waals surface area (Å²) in [5.74, 6) is -13.4. The summed E-state index contributed by atoms with van der Waals surface area (Å²) in [5.41, 5.74) is 0. The van der Waals surface area contributed by atoms with E-state index in [1.807, 2.05) is 0 Å². The number of amides is 9. The molecule has 1 heterocycles. The number of aliphatic hydroxyl groups is 3. The van der Waals surface area contributed by atoms with Gasteiger partial charge in [-0.25, -0.2) is 4.79 Å². The number of unbranched alkanes of at least 4 members (excludes halogenated alkanes) is 6. The van der Waals surface area contributed by atoms with Crippen molar-refractivity contribution in [1.29, 1.82) is 0 Å². The lowest BCUT2D eigenvalue weighted by Crippen LogP contribution is -2.64. The fourth-order valence-corrected chi connectivity index (χ4v) is 8.97. The van der Waals surface area contributed by atoms with Crippen molar-refractivity contribution >= 4 is 65.1 Å². The maximum atomic E-state index is 14.7. The molecule has 0 bridgehead atoms. The number of nitrogens with one attached hydrogen (secondary N) is 9. The first-order valence-corrected chi connectivity index (χ1v) is 29.0. The summed E-state index contributed by atoms with van der Waals surface area (Å²) >= 11 is 0. The highest BCUT2D eigenvalue weighted by Gasteiger charge is 2.40. The number of aliphatic hydroxyl groups excluding tert-OH is 3. The van der Waals surface area contributed by atoms with Crippen molar-refractivity contribution in [2.45, 2.75) is 246 Å². The Morgan fingerprint density at radius 3 is 1.53 bits per heavy atom. The van der Waals surface area contributed by atoms with Gasteiger partial charge in [-0.05, 0) is 68.6 Å². The van der Waals surface area contributed by atoms with Crippen molar-refractivity contribution in [3.8, 4) is 0 Å². The molecule has 81 heavy (non-hydrogen) atoms. The molecule has 0 saturated carbocycles. The standard InChI is InChI=1S/C56H99N9O16/c1-13-15-16-17-18-19-20-21-36(68)27-43(69)57-38(24-30(3)4)49(73)58-37(22-23-44(70)71)48(72)65-47-35(12)81-56(80)46(34(11)14-2)64-53(77)42(29-67)62-50(74)39(25-31(5)6)59-52(76)41(28-66)61-51(75)40(26-32(7)8)60-54(78)45(33(9)10)63-55(47)79/h30-42,45-47,66-68H,13-29H2,1-12H3,(H,57,69)(H,58,73)(H,59,76)(H,60,78)(H,61,75)(H,62,74)(H,63,79)(H,64,77)(H,65,72)(H,70,71)/t34-,35-,36+,37-,38+,39+,40+,41-,42-,45-,46+,47-/m1/s1. The van der Waals surface area contributed by atoms with Crippen LogP contribution in [-0.2, 0) is 57.5 Å². The zero-order chi connectivity index (χ0) is 61.7. The molecule has 1 rings (SSSR count). The lowest BCUT2D eigenvalue weighted by Gasteiger charge is -2.32. The third kappa shape index (κ3) is 27.6. The molecule has 0 radical (unpaired) electrons. The van der Waals surface area contributed by atoms with Crippen LogP contribution < -0.4 is 47.9 Å². The minimum Gasteiger partial charge on any atom is -0.481 e. The summed E-state index contributed by atoms with van der Waals surface area (Å²) in [6.45, 7) is 18.3. The van der Waals surface area contributed by atoms with E-state index in [2.05, 4.69) is 54.8 Å². The van der Waals surface area contributed by atoms with Crippen LogP contribution in [0.25, 0.3) is 0 Å². The second kappa shape index (κ2) is 37.9. The Morgan fingerprint density at radius 2 is 1.05 bits per heavy atom. The Kier molecular flexibility index (Phi) is 34.2. The minimum atomic E-state index is -1.95. The zero-order valence-corrected chi connectivity index (χ0v) is 49.9. The van der Waals surface area contributed by atoms with E-state index >= 15 is 0 Å². The lowest BCUT2D eigenvalue weighted by molar-refractivity contribution is -0.158.